The van der Waals surface area contributed by atoms with E-state index < -0.39 is 0 Å². The minimum Gasteiger partial charge on any atom is -0.388 e. The van der Waals surface area contributed by atoms with Crippen LogP contribution in [0.1, 0.15) is 30.1 Å². The van der Waals surface area contributed by atoms with Gasteiger partial charge in [-0.1, -0.05) is 30.3 Å². The van der Waals surface area contributed by atoms with Crippen LogP contribution in [-0.2, 0) is 6.42 Å². The van der Waals surface area contributed by atoms with Crippen LogP contribution in [0.2, 0.25) is 0 Å². The Bertz CT molecular complexity index is 452. The topological polar surface area (TPSA) is 20.2 Å². The fourth-order valence-corrected chi connectivity index (χ4v) is 3.23. The third kappa shape index (κ3) is 4.08. The van der Waals surface area contributed by atoms with Crippen molar-refractivity contribution in [2.75, 3.05) is 0 Å². The number of aliphatic hydroxyl groups excluding tert-OH is 1. The quantitative estimate of drug-likeness (QED) is 0.785. The van der Waals surface area contributed by atoms with E-state index in [0.717, 1.165) is 24.8 Å². The number of rotatable bonds is 5. The van der Waals surface area contributed by atoms with Crippen molar-refractivity contribution in [3.8, 4) is 0 Å². The standard InChI is InChI=1S/C14H15IOS/c15-14-9-12(10-17-14)13(16)8-4-7-11-5-2-1-3-6-11/h1-3,5-6,9-10,13,16H,4,7-8H2. The highest BCUT2D eigenvalue weighted by Gasteiger charge is 2.09. The van der Waals surface area contributed by atoms with E-state index in [9.17, 15) is 5.11 Å². The van der Waals surface area contributed by atoms with Crippen LogP contribution in [0.5, 0.6) is 0 Å². The summed E-state index contributed by atoms with van der Waals surface area (Å²) < 4.78 is 1.24. The zero-order valence-electron chi connectivity index (χ0n) is 9.47. The molecule has 0 aliphatic carbocycles. The molecule has 0 saturated heterocycles. The smallest absolute Gasteiger partial charge is 0.0798 e. The summed E-state index contributed by atoms with van der Waals surface area (Å²) in [6.45, 7) is 0. The lowest BCUT2D eigenvalue weighted by Crippen LogP contribution is -1.96. The second kappa shape index (κ2) is 6.52. The first kappa shape index (κ1) is 13.1. The molecule has 2 rings (SSSR count). The molecule has 0 aliphatic heterocycles. The van der Waals surface area contributed by atoms with Gasteiger partial charge in [-0.3, -0.25) is 0 Å². The fraction of sp³-hybridized carbons (Fsp3) is 0.286. The van der Waals surface area contributed by atoms with Crippen molar-refractivity contribution in [1.82, 2.24) is 0 Å². The van der Waals surface area contributed by atoms with Crippen LogP contribution in [0.4, 0.5) is 0 Å². The predicted molar refractivity (Wildman–Crippen MR) is 81.4 cm³/mol. The summed E-state index contributed by atoms with van der Waals surface area (Å²) in [7, 11) is 0. The highest BCUT2D eigenvalue weighted by atomic mass is 127. The molecule has 1 aromatic carbocycles. The molecular weight excluding hydrogens is 343 g/mol. The summed E-state index contributed by atoms with van der Waals surface area (Å²) in [5.74, 6) is 0. The van der Waals surface area contributed by atoms with Gasteiger partial charge in [0.15, 0.2) is 0 Å². The van der Waals surface area contributed by atoms with Gasteiger partial charge in [0.05, 0.1) is 8.99 Å². The zero-order chi connectivity index (χ0) is 12.1. The van der Waals surface area contributed by atoms with Crippen LogP contribution in [0.15, 0.2) is 41.8 Å². The number of halogens is 1. The number of hydrogen-bond donors (Lipinski definition) is 1. The van der Waals surface area contributed by atoms with Crippen molar-refractivity contribution in [3.63, 3.8) is 0 Å². The first-order chi connectivity index (χ1) is 8.25. The van der Waals surface area contributed by atoms with E-state index in [2.05, 4.69) is 58.3 Å². The summed E-state index contributed by atoms with van der Waals surface area (Å²) in [5, 5.41) is 12.1. The summed E-state index contributed by atoms with van der Waals surface area (Å²) in [6, 6.07) is 12.5. The van der Waals surface area contributed by atoms with Gasteiger partial charge in [0.25, 0.3) is 0 Å². The Morgan fingerprint density at radius 2 is 2.00 bits per heavy atom. The molecule has 0 saturated carbocycles. The van der Waals surface area contributed by atoms with Crippen molar-refractivity contribution in [1.29, 1.82) is 0 Å². The molecule has 2 aromatic rings. The molecule has 0 radical (unpaired) electrons. The van der Waals surface area contributed by atoms with Crippen molar-refractivity contribution < 1.29 is 5.11 Å². The number of benzene rings is 1. The van der Waals surface area contributed by atoms with Crippen molar-refractivity contribution in [3.05, 3.63) is 55.8 Å². The molecule has 0 aliphatic rings. The zero-order valence-corrected chi connectivity index (χ0v) is 12.4. The Morgan fingerprint density at radius 1 is 1.24 bits per heavy atom. The highest BCUT2D eigenvalue weighted by molar-refractivity contribution is 14.1. The highest BCUT2D eigenvalue weighted by Crippen LogP contribution is 2.25. The maximum Gasteiger partial charge on any atom is 0.0798 e. The third-order valence-corrected chi connectivity index (χ3v) is 4.57. The Labute approximate surface area is 120 Å². The molecule has 1 heterocycles. The molecule has 0 fully saturated rings. The van der Waals surface area contributed by atoms with E-state index in [4.69, 9.17) is 0 Å². The number of aryl methyl sites for hydroxylation is 1. The van der Waals surface area contributed by atoms with E-state index in [1.807, 2.05) is 6.07 Å². The number of thiophene rings is 1. The molecule has 1 atom stereocenters. The second-order valence-electron chi connectivity index (χ2n) is 4.08. The van der Waals surface area contributed by atoms with Gasteiger partial charge in [0, 0.05) is 0 Å². The second-order valence-corrected chi connectivity index (χ2v) is 6.88. The van der Waals surface area contributed by atoms with Crippen LogP contribution in [0.25, 0.3) is 0 Å². The average Bonchev–Trinajstić information content (AvgIpc) is 2.77. The molecule has 0 spiro atoms. The number of aliphatic hydroxyl groups is 1. The molecule has 0 amide bonds. The Kier molecular flexibility index (Phi) is 5.00. The van der Waals surface area contributed by atoms with Crippen molar-refractivity contribution in [2.24, 2.45) is 0 Å². The SMILES string of the molecule is OC(CCCc1ccccc1)c1csc(I)c1. The normalized spacial score (nSPS) is 12.6. The van der Waals surface area contributed by atoms with Crippen LogP contribution < -0.4 is 0 Å². The van der Waals surface area contributed by atoms with E-state index in [-0.39, 0.29) is 6.10 Å². The van der Waals surface area contributed by atoms with Crippen LogP contribution in [-0.4, -0.2) is 5.11 Å². The van der Waals surface area contributed by atoms with Gasteiger partial charge in [-0.15, -0.1) is 11.3 Å². The maximum absolute atomic E-state index is 10.0. The van der Waals surface area contributed by atoms with Gasteiger partial charge in [0.2, 0.25) is 0 Å². The summed E-state index contributed by atoms with van der Waals surface area (Å²) >= 11 is 3.98. The van der Waals surface area contributed by atoms with Gasteiger partial charge in [-0.2, -0.15) is 0 Å². The molecule has 3 heteroatoms. The summed E-state index contributed by atoms with van der Waals surface area (Å²) in [6.07, 6.45) is 2.59. The third-order valence-electron chi connectivity index (χ3n) is 2.76. The Hall–Kier alpha value is -0.390. The first-order valence-corrected chi connectivity index (χ1v) is 7.67. The molecule has 17 heavy (non-hydrogen) atoms. The van der Waals surface area contributed by atoms with Crippen LogP contribution >= 0.6 is 33.9 Å². The average molecular weight is 358 g/mol. The van der Waals surface area contributed by atoms with Crippen LogP contribution in [0, 0.1) is 2.88 Å². The lowest BCUT2D eigenvalue weighted by molar-refractivity contribution is 0.165. The molecule has 1 unspecified atom stereocenters. The van der Waals surface area contributed by atoms with Gasteiger partial charge < -0.3 is 5.11 Å². The fourth-order valence-electron chi connectivity index (χ4n) is 1.81. The molecule has 1 N–H and O–H groups in total. The monoisotopic (exact) mass is 358 g/mol. The Morgan fingerprint density at radius 3 is 2.65 bits per heavy atom. The summed E-state index contributed by atoms with van der Waals surface area (Å²) in [4.78, 5) is 0. The largest absolute Gasteiger partial charge is 0.388 e. The van der Waals surface area contributed by atoms with E-state index in [0.29, 0.717) is 0 Å². The molecule has 0 bridgehead atoms. The summed E-state index contributed by atoms with van der Waals surface area (Å²) in [5.41, 5.74) is 2.41. The lowest BCUT2D eigenvalue weighted by Gasteiger charge is -2.08. The van der Waals surface area contributed by atoms with Crippen molar-refractivity contribution in [2.45, 2.75) is 25.4 Å². The van der Waals surface area contributed by atoms with Gasteiger partial charge in [-0.25, -0.2) is 0 Å². The molecule has 90 valence electrons. The van der Waals surface area contributed by atoms with E-state index >= 15 is 0 Å². The van der Waals surface area contributed by atoms with Crippen LogP contribution in [0.3, 0.4) is 0 Å². The van der Waals surface area contributed by atoms with Gasteiger partial charge in [0.1, 0.15) is 0 Å². The predicted octanol–water partition coefficient (Wildman–Crippen LogP) is 4.41. The lowest BCUT2D eigenvalue weighted by atomic mass is 10.0. The van der Waals surface area contributed by atoms with Gasteiger partial charge in [-0.05, 0) is 64.4 Å². The number of hydrogen-bond acceptors (Lipinski definition) is 2. The Balaban J connectivity index is 1.79. The van der Waals surface area contributed by atoms with Crippen molar-refractivity contribution >= 4 is 33.9 Å². The molecule has 1 nitrogen and oxygen atoms in total. The first-order valence-electron chi connectivity index (χ1n) is 5.71. The minimum atomic E-state index is -0.307. The molecule has 1 aromatic heterocycles. The maximum atomic E-state index is 10.0. The molecular formula is C14H15IOS. The van der Waals surface area contributed by atoms with Gasteiger partial charge >= 0.3 is 0 Å². The minimum absolute atomic E-state index is 0.307. The van der Waals surface area contributed by atoms with E-state index in [1.54, 1.807) is 11.3 Å². The van der Waals surface area contributed by atoms with E-state index in [1.165, 1.54) is 8.45 Å².